The van der Waals surface area contributed by atoms with Crippen molar-refractivity contribution in [1.29, 1.82) is 0 Å². The fraction of sp³-hybridized carbons (Fsp3) is 0.267. The zero-order chi connectivity index (χ0) is 13.2. The Balaban J connectivity index is 1.63. The summed E-state index contributed by atoms with van der Waals surface area (Å²) in [7, 11) is 0. The Kier molecular flexibility index (Phi) is 3.42. The highest BCUT2D eigenvalue weighted by molar-refractivity contribution is 9.10. The summed E-state index contributed by atoms with van der Waals surface area (Å²) < 4.78 is 6.88. The Bertz CT molecular complexity index is 575. The van der Waals surface area contributed by atoms with E-state index in [1.165, 1.54) is 5.56 Å². The van der Waals surface area contributed by atoms with Gasteiger partial charge in [0.05, 0.1) is 11.0 Å². The van der Waals surface area contributed by atoms with Crippen molar-refractivity contribution in [3.05, 3.63) is 52.1 Å². The number of aryl methyl sites for hydroxylation is 1. The maximum atomic E-state index is 5.89. The van der Waals surface area contributed by atoms with Crippen molar-refractivity contribution in [2.75, 3.05) is 11.9 Å². The Morgan fingerprint density at radius 3 is 3.05 bits per heavy atom. The van der Waals surface area contributed by atoms with Gasteiger partial charge in [0.25, 0.3) is 0 Å². The molecule has 2 heterocycles. The minimum atomic E-state index is 0.174. The topological polar surface area (TPSA) is 34.2 Å². The first-order chi connectivity index (χ1) is 9.22. The van der Waals surface area contributed by atoms with Gasteiger partial charge in [-0.15, -0.1) is 0 Å². The lowest BCUT2D eigenvalue weighted by molar-refractivity contribution is 0.246. The van der Waals surface area contributed by atoms with Gasteiger partial charge in [-0.2, -0.15) is 0 Å². The smallest absolute Gasteiger partial charge is 0.140 e. The van der Waals surface area contributed by atoms with Crippen LogP contribution in [0.2, 0.25) is 0 Å². The van der Waals surface area contributed by atoms with Crippen LogP contribution in [-0.4, -0.2) is 17.6 Å². The number of benzene rings is 1. The molecule has 0 saturated heterocycles. The van der Waals surface area contributed by atoms with Gasteiger partial charge in [-0.05, 0) is 46.1 Å². The van der Waals surface area contributed by atoms with Gasteiger partial charge in [0.1, 0.15) is 17.7 Å². The van der Waals surface area contributed by atoms with Gasteiger partial charge < -0.3 is 10.1 Å². The van der Waals surface area contributed by atoms with Crippen LogP contribution in [0.15, 0.2) is 41.0 Å². The molecule has 2 aromatic rings. The van der Waals surface area contributed by atoms with E-state index in [2.05, 4.69) is 44.4 Å². The summed E-state index contributed by atoms with van der Waals surface area (Å²) in [6.45, 7) is 2.78. The van der Waals surface area contributed by atoms with Gasteiger partial charge in [0.2, 0.25) is 0 Å². The van der Waals surface area contributed by atoms with Gasteiger partial charge in [-0.1, -0.05) is 18.2 Å². The zero-order valence-electron chi connectivity index (χ0n) is 10.7. The van der Waals surface area contributed by atoms with E-state index in [1.54, 1.807) is 0 Å². The molecule has 0 amide bonds. The maximum Gasteiger partial charge on any atom is 0.140 e. The van der Waals surface area contributed by atoms with E-state index < -0.39 is 0 Å². The molecule has 1 unspecified atom stereocenters. The third-order valence-electron chi connectivity index (χ3n) is 3.19. The van der Waals surface area contributed by atoms with Crippen LogP contribution >= 0.6 is 15.9 Å². The molecule has 3 nitrogen and oxygen atoms in total. The molecule has 1 aliphatic heterocycles. The molecule has 3 rings (SSSR count). The second-order valence-electron chi connectivity index (χ2n) is 4.78. The van der Waals surface area contributed by atoms with Gasteiger partial charge in [0, 0.05) is 12.6 Å². The Morgan fingerprint density at radius 2 is 2.26 bits per heavy atom. The third kappa shape index (κ3) is 2.73. The van der Waals surface area contributed by atoms with Crippen molar-refractivity contribution < 1.29 is 4.74 Å². The molecule has 0 spiro atoms. The van der Waals surface area contributed by atoms with Crippen LogP contribution in [0.5, 0.6) is 5.75 Å². The summed E-state index contributed by atoms with van der Waals surface area (Å²) in [5.74, 6) is 1.87. The van der Waals surface area contributed by atoms with E-state index in [4.69, 9.17) is 4.74 Å². The van der Waals surface area contributed by atoms with Gasteiger partial charge in [-0.3, -0.25) is 0 Å². The Hall–Kier alpha value is -1.55. The minimum Gasteiger partial charge on any atom is -0.488 e. The number of ether oxygens (including phenoxy) is 1. The lowest BCUT2D eigenvalue weighted by Crippen LogP contribution is -2.24. The predicted molar refractivity (Wildman–Crippen MR) is 79.7 cm³/mol. The van der Waals surface area contributed by atoms with Gasteiger partial charge >= 0.3 is 0 Å². The summed E-state index contributed by atoms with van der Waals surface area (Å²) in [6.07, 6.45) is 2.98. The molecule has 0 saturated carbocycles. The number of para-hydroxylation sites is 1. The molecular formula is C15H15BrN2O. The molecule has 1 aromatic carbocycles. The second kappa shape index (κ2) is 5.21. The number of rotatable bonds is 3. The van der Waals surface area contributed by atoms with E-state index in [0.717, 1.165) is 34.6 Å². The average molecular weight is 319 g/mol. The molecule has 1 N–H and O–H groups in total. The largest absolute Gasteiger partial charge is 0.488 e. The molecule has 4 heteroatoms. The molecule has 1 atom stereocenters. The van der Waals surface area contributed by atoms with Gasteiger partial charge in [-0.25, -0.2) is 4.98 Å². The summed E-state index contributed by atoms with van der Waals surface area (Å²) in [4.78, 5) is 4.37. The molecule has 0 aliphatic carbocycles. The molecule has 0 radical (unpaired) electrons. The number of fused-ring (bicyclic) bond motifs is 1. The fourth-order valence-corrected chi connectivity index (χ4v) is 2.85. The van der Waals surface area contributed by atoms with Crippen LogP contribution in [0, 0.1) is 6.92 Å². The van der Waals surface area contributed by atoms with E-state index in [1.807, 2.05) is 25.3 Å². The highest BCUT2D eigenvalue weighted by Crippen LogP contribution is 2.28. The van der Waals surface area contributed by atoms with E-state index in [-0.39, 0.29) is 6.10 Å². The number of nitrogens with zero attached hydrogens (tertiary/aromatic N) is 1. The average Bonchev–Trinajstić information content (AvgIpc) is 2.80. The number of pyridine rings is 1. The molecule has 1 aliphatic rings. The number of hydrogen-bond acceptors (Lipinski definition) is 3. The number of anilines is 1. The second-order valence-corrected chi connectivity index (χ2v) is 5.63. The monoisotopic (exact) mass is 318 g/mol. The first-order valence-corrected chi connectivity index (χ1v) is 7.12. The summed E-state index contributed by atoms with van der Waals surface area (Å²) in [6, 6.07) is 10.3. The van der Waals surface area contributed by atoms with Crippen molar-refractivity contribution in [2.24, 2.45) is 0 Å². The van der Waals surface area contributed by atoms with Gasteiger partial charge in [0.15, 0.2) is 0 Å². The first-order valence-electron chi connectivity index (χ1n) is 6.33. The van der Waals surface area contributed by atoms with Crippen molar-refractivity contribution in [3.8, 4) is 5.75 Å². The lowest BCUT2D eigenvalue weighted by atomic mass is 10.1. The minimum absolute atomic E-state index is 0.174. The highest BCUT2D eigenvalue weighted by Gasteiger charge is 2.22. The maximum absolute atomic E-state index is 5.89. The summed E-state index contributed by atoms with van der Waals surface area (Å²) in [5, 5.41) is 3.33. The lowest BCUT2D eigenvalue weighted by Gasteiger charge is -2.13. The normalized spacial score (nSPS) is 16.8. The van der Waals surface area contributed by atoms with E-state index in [0.29, 0.717) is 0 Å². The van der Waals surface area contributed by atoms with Crippen molar-refractivity contribution >= 4 is 21.7 Å². The van der Waals surface area contributed by atoms with Crippen LogP contribution in [0.1, 0.15) is 11.1 Å². The Labute approximate surface area is 121 Å². The fourth-order valence-electron chi connectivity index (χ4n) is 2.24. The molecule has 98 valence electrons. The van der Waals surface area contributed by atoms with Crippen LogP contribution in [0.25, 0.3) is 0 Å². The Morgan fingerprint density at radius 1 is 1.42 bits per heavy atom. The SMILES string of the molecule is Cc1cnc(NCC2Cc3ccccc3O2)c(Br)c1. The highest BCUT2D eigenvalue weighted by atomic mass is 79.9. The van der Waals surface area contributed by atoms with Crippen LogP contribution in [0.4, 0.5) is 5.82 Å². The number of hydrogen-bond donors (Lipinski definition) is 1. The molecule has 0 fully saturated rings. The van der Waals surface area contributed by atoms with Crippen LogP contribution in [-0.2, 0) is 6.42 Å². The van der Waals surface area contributed by atoms with Crippen LogP contribution in [0.3, 0.4) is 0 Å². The van der Waals surface area contributed by atoms with Crippen molar-refractivity contribution in [1.82, 2.24) is 4.98 Å². The van der Waals surface area contributed by atoms with E-state index in [9.17, 15) is 0 Å². The number of aromatic nitrogens is 1. The first kappa shape index (κ1) is 12.5. The molecule has 1 aromatic heterocycles. The van der Waals surface area contributed by atoms with Crippen molar-refractivity contribution in [3.63, 3.8) is 0 Å². The number of halogens is 1. The quantitative estimate of drug-likeness (QED) is 0.939. The summed E-state index contributed by atoms with van der Waals surface area (Å²) >= 11 is 3.52. The zero-order valence-corrected chi connectivity index (χ0v) is 12.3. The summed E-state index contributed by atoms with van der Waals surface area (Å²) in [5.41, 5.74) is 2.42. The van der Waals surface area contributed by atoms with Crippen LogP contribution < -0.4 is 10.1 Å². The standard InChI is InChI=1S/C15H15BrN2O/c1-10-6-13(16)15(17-8-10)18-9-12-7-11-4-2-3-5-14(11)19-12/h2-6,8,12H,7,9H2,1H3,(H,17,18). The molecular weight excluding hydrogens is 304 g/mol. The number of nitrogens with one attached hydrogen (secondary N) is 1. The van der Waals surface area contributed by atoms with Crippen molar-refractivity contribution in [2.45, 2.75) is 19.4 Å². The third-order valence-corrected chi connectivity index (χ3v) is 3.79. The predicted octanol–water partition coefficient (Wildman–Crippen LogP) is 3.57. The molecule has 0 bridgehead atoms. The molecule has 19 heavy (non-hydrogen) atoms. The van der Waals surface area contributed by atoms with E-state index >= 15 is 0 Å².